The van der Waals surface area contributed by atoms with Gasteiger partial charge in [0.1, 0.15) is 23.0 Å². The first-order valence-electron chi connectivity index (χ1n) is 10.2. The lowest BCUT2D eigenvalue weighted by Gasteiger charge is -2.12. The molecule has 2 aromatic carbocycles. The van der Waals surface area contributed by atoms with E-state index in [2.05, 4.69) is 34.2 Å². The number of esters is 1. The Kier molecular flexibility index (Phi) is 8.94. The molecule has 0 unspecified atom stereocenters. The lowest BCUT2D eigenvalue weighted by molar-refractivity contribution is -0.138. The van der Waals surface area contributed by atoms with Crippen molar-refractivity contribution in [3.63, 3.8) is 0 Å². The topological polar surface area (TPSA) is 94.4 Å². The Bertz CT molecular complexity index is 1200. The zero-order valence-corrected chi connectivity index (χ0v) is 21.5. The maximum absolute atomic E-state index is 12.6. The number of aliphatic hydroxyl groups is 1. The van der Waals surface area contributed by atoms with Crippen LogP contribution in [0.1, 0.15) is 22.8 Å². The fourth-order valence-corrected chi connectivity index (χ4v) is 4.78. The summed E-state index contributed by atoms with van der Waals surface area (Å²) in [4.78, 5) is 29.6. The molecule has 3 rings (SSSR count). The van der Waals surface area contributed by atoms with Crippen molar-refractivity contribution in [2.45, 2.75) is 6.92 Å². The molecule has 1 aliphatic rings. The van der Waals surface area contributed by atoms with Gasteiger partial charge in [0.05, 0.1) is 22.2 Å². The van der Waals surface area contributed by atoms with Gasteiger partial charge in [-0.25, -0.2) is 9.79 Å². The average Bonchev–Trinajstić information content (AvgIpc) is 3.13. The number of hydrogen-bond donors (Lipinski definition) is 1. The van der Waals surface area contributed by atoms with Crippen LogP contribution in [0.15, 0.2) is 76.3 Å². The second-order valence-electron chi connectivity index (χ2n) is 6.78. The molecule has 0 aliphatic carbocycles. The predicted octanol–water partition coefficient (Wildman–Crippen LogP) is 5.57. The monoisotopic (exact) mass is 591 g/mol. The third-order valence-electron chi connectivity index (χ3n) is 4.49. The first kappa shape index (κ1) is 25.6. The van der Waals surface area contributed by atoms with E-state index in [0.717, 1.165) is 15.3 Å². The number of carbonyl (C=O) groups excluding carboxylic acids is 2. The van der Waals surface area contributed by atoms with Crippen LogP contribution in [0, 0.1) is 3.57 Å². The number of halogens is 1. The predicted molar refractivity (Wildman–Crippen MR) is 141 cm³/mol. The molecular formula is C25H22INO6S. The molecule has 1 amide bonds. The molecule has 1 aliphatic heterocycles. The van der Waals surface area contributed by atoms with Crippen molar-refractivity contribution in [3.05, 3.63) is 86.1 Å². The van der Waals surface area contributed by atoms with E-state index in [4.69, 9.17) is 14.2 Å². The van der Waals surface area contributed by atoms with Crippen LogP contribution in [-0.2, 0) is 9.53 Å². The maximum atomic E-state index is 12.6. The molecule has 176 valence electrons. The third kappa shape index (κ3) is 5.89. The molecule has 0 saturated carbocycles. The van der Waals surface area contributed by atoms with Crippen LogP contribution in [0.25, 0.3) is 6.08 Å². The van der Waals surface area contributed by atoms with Crippen LogP contribution in [-0.4, -0.2) is 42.4 Å². The molecule has 0 saturated heterocycles. The van der Waals surface area contributed by atoms with Gasteiger partial charge >= 0.3 is 5.97 Å². The molecule has 0 radical (unpaired) electrons. The zero-order chi connectivity index (χ0) is 24.7. The second-order valence-corrected chi connectivity index (χ2v) is 8.97. The number of nitrogens with zero attached hydrogens (tertiary/aromatic N) is 1. The molecule has 0 aromatic heterocycles. The van der Waals surface area contributed by atoms with Crippen LogP contribution in [0.2, 0.25) is 0 Å². The Morgan fingerprint density at radius 3 is 2.62 bits per heavy atom. The van der Waals surface area contributed by atoms with Crippen LogP contribution < -0.4 is 9.47 Å². The Morgan fingerprint density at radius 2 is 1.97 bits per heavy atom. The third-order valence-corrected chi connectivity index (χ3v) is 6.31. The number of rotatable bonds is 8. The molecule has 9 heteroatoms. The molecule has 0 fully saturated rings. The van der Waals surface area contributed by atoms with E-state index in [1.807, 2.05) is 6.07 Å². The summed E-state index contributed by atoms with van der Waals surface area (Å²) < 4.78 is 17.0. The Balaban J connectivity index is 2.03. The number of hydrogen-bond acceptors (Lipinski definition) is 7. The smallest absolute Gasteiger partial charge is 0.344 e. The fraction of sp³-hybridized carbons (Fsp3) is 0.160. The highest BCUT2D eigenvalue weighted by molar-refractivity contribution is 14.1. The first-order valence-corrected chi connectivity index (χ1v) is 12.1. The molecule has 1 N–H and O–H groups in total. The summed E-state index contributed by atoms with van der Waals surface area (Å²) in [5.74, 6) is -0.503. The van der Waals surface area contributed by atoms with E-state index in [9.17, 15) is 14.7 Å². The highest BCUT2D eigenvalue weighted by Gasteiger charge is 2.34. The highest BCUT2D eigenvalue weighted by atomic mass is 127. The number of carbonyl (C=O) groups is 2. The fourth-order valence-electron chi connectivity index (χ4n) is 2.99. The number of methoxy groups -OCH3 is 1. The van der Waals surface area contributed by atoms with Crippen molar-refractivity contribution < 1.29 is 28.9 Å². The molecule has 0 bridgehead atoms. The SMILES string of the molecule is C=CCOc1c(I)cc(/C=C2\SC(=NC(=O)c3ccccc3)C(C(=O)OCC)=C2O)cc1OC. The van der Waals surface area contributed by atoms with Crippen molar-refractivity contribution in [1.82, 2.24) is 0 Å². The van der Waals surface area contributed by atoms with Crippen molar-refractivity contribution in [3.8, 4) is 11.5 Å². The van der Waals surface area contributed by atoms with Crippen LogP contribution in [0.4, 0.5) is 0 Å². The molecule has 1 heterocycles. The number of thioether (sulfide) groups is 1. The van der Waals surface area contributed by atoms with E-state index < -0.39 is 11.9 Å². The van der Waals surface area contributed by atoms with Gasteiger partial charge in [-0.2, -0.15) is 0 Å². The minimum atomic E-state index is -0.754. The molecule has 7 nitrogen and oxygen atoms in total. The van der Waals surface area contributed by atoms with Gasteiger partial charge < -0.3 is 19.3 Å². The quantitative estimate of drug-likeness (QED) is 0.244. The van der Waals surface area contributed by atoms with Crippen LogP contribution in [0.3, 0.4) is 0 Å². The van der Waals surface area contributed by atoms with Gasteiger partial charge in [0.25, 0.3) is 5.91 Å². The van der Waals surface area contributed by atoms with E-state index in [1.165, 1.54) is 7.11 Å². The van der Waals surface area contributed by atoms with Crippen LogP contribution >= 0.6 is 34.4 Å². The van der Waals surface area contributed by atoms with Crippen molar-refractivity contribution in [2.75, 3.05) is 20.3 Å². The van der Waals surface area contributed by atoms with Gasteiger partial charge in [-0.15, -0.1) is 0 Å². The number of aliphatic hydroxyl groups excluding tert-OH is 1. The first-order chi connectivity index (χ1) is 16.4. The minimum Gasteiger partial charge on any atom is -0.506 e. The largest absolute Gasteiger partial charge is 0.506 e. The summed E-state index contributed by atoms with van der Waals surface area (Å²) in [5, 5.41) is 10.9. The van der Waals surface area contributed by atoms with E-state index >= 15 is 0 Å². The normalized spacial score (nSPS) is 15.5. The number of aliphatic imine (C=N–C) groups is 1. The lowest BCUT2D eigenvalue weighted by Crippen LogP contribution is -2.14. The van der Waals surface area contributed by atoms with E-state index in [-0.39, 0.29) is 23.0 Å². The number of ether oxygens (including phenoxy) is 3. The summed E-state index contributed by atoms with van der Waals surface area (Å²) in [6.07, 6.45) is 3.31. The molecule has 0 atom stereocenters. The van der Waals surface area contributed by atoms with Gasteiger partial charge in [0.2, 0.25) is 0 Å². The molecule has 2 aromatic rings. The van der Waals surface area contributed by atoms with Crippen molar-refractivity contribution >= 4 is 57.3 Å². The summed E-state index contributed by atoms with van der Waals surface area (Å²) in [6.45, 7) is 5.74. The lowest BCUT2D eigenvalue weighted by atomic mass is 10.1. The van der Waals surface area contributed by atoms with E-state index in [1.54, 1.807) is 55.5 Å². The van der Waals surface area contributed by atoms with Gasteiger partial charge in [-0.3, -0.25) is 4.79 Å². The Morgan fingerprint density at radius 1 is 1.24 bits per heavy atom. The molecule has 0 spiro atoms. The summed E-state index contributed by atoms with van der Waals surface area (Å²) >= 11 is 3.14. The Hall–Kier alpha value is -3.05. The zero-order valence-electron chi connectivity index (χ0n) is 18.5. The van der Waals surface area contributed by atoms with Gasteiger partial charge in [0.15, 0.2) is 11.5 Å². The summed E-state index contributed by atoms with van der Waals surface area (Å²) in [5.41, 5.74) is 0.917. The van der Waals surface area contributed by atoms with Gasteiger partial charge in [0, 0.05) is 5.56 Å². The minimum absolute atomic E-state index is 0.0728. The number of amides is 1. The van der Waals surface area contributed by atoms with Crippen molar-refractivity contribution in [2.24, 2.45) is 4.99 Å². The highest BCUT2D eigenvalue weighted by Crippen LogP contribution is 2.41. The second kappa shape index (κ2) is 11.9. The number of benzene rings is 2. The summed E-state index contributed by atoms with van der Waals surface area (Å²) in [6, 6.07) is 12.1. The summed E-state index contributed by atoms with van der Waals surface area (Å²) in [7, 11) is 1.53. The van der Waals surface area contributed by atoms with Crippen LogP contribution in [0.5, 0.6) is 11.5 Å². The van der Waals surface area contributed by atoms with E-state index in [0.29, 0.717) is 34.1 Å². The standard InChI is InChI=1S/C25H22INO6S/c1-4-11-33-22-17(26)12-15(13-18(22)31-3)14-19-21(28)20(25(30)32-5-2)24(34-19)27-23(29)16-9-7-6-8-10-16/h4,6-10,12-14,28H,1,5,11H2,2-3H3/b19-14-,27-24?. The molecular weight excluding hydrogens is 569 g/mol. The van der Waals surface area contributed by atoms with Gasteiger partial charge in [-0.1, -0.05) is 42.6 Å². The maximum Gasteiger partial charge on any atom is 0.344 e. The van der Waals surface area contributed by atoms with Gasteiger partial charge in [-0.05, 0) is 65.4 Å². The molecule has 34 heavy (non-hydrogen) atoms. The average molecular weight is 591 g/mol. The Labute approximate surface area is 215 Å². The van der Waals surface area contributed by atoms with Crippen molar-refractivity contribution in [1.29, 1.82) is 0 Å².